The maximum atomic E-state index is 12.5. The molecule has 114 valence electrons. The molecule has 0 heterocycles. The van der Waals surface area contributed by atoms with Gasteiger partial charge in [0.1, 0.15) is 0 Å². The second kappa shape index (κ2) is 7.26. The lowest BCUT2D eigenvalue weighted by molar-refractivity contribution is -0.154. The highest BCUT2D eigenvalue weighted by Gasteiger charge is 2.43. The largest absolute Gasteiger partial charge is 0.466 e. The summed E-state index contributed by atoms with van der Waals surface area (Å²) >= 11 is 0. The standard InChI is InChI=1S/C17H29NO2/c1-4-18(5-2)15-12-11-13-9-7-8-10-14(13)16(15)17(19)20-6-3/h11-16H,4-10H2,1-3H3/t13-,14-,15+,16+/m1/s1. The molecule has 4 atom stereocenters. The van der Waals surface area contributed by atoms with Crippen LogP contribution in [0.4, 0.5) is 0 Å². The van der Waals surface area contributed by atoms with Gasteiger partial charge < -0.3 is 4.74 Å². The Morgan fingerprint density at radius 3 is 2.50 bits per heavy atom. The summed E-state index contributed by atoms with van der Waals surface area (Å²) in [5.41, 5.74) is 0. The quantitative estimate of drug-likeness (QED) is 0.571. The van der Waals surface area contributed by atoms with Gasteiger partial charge in [-0.3, -0.25) is 9.69 Å². The summed E-state index contributed by atoms with van der Waals surface area (Å²) in [5.74, 6) is 1.12. The van der Waals surface area contributed by atoms with Crippen molar-refractivity contribution in [2.45, 2.75) is 52.5 Å². The van der Waals surface area contributed by atoms with Gasteiger partial charge in [0.05, 0.1) is 12.5 Å². The third-order valence-corrected chi connectivity index (χ3v) is 5.05. The van der Waals surface area contributed by atoms with Crippen LogP contribution in [0.1, 0.15) is 46.5 Å². The lowest BCUT2D eigenvalue weighted by atomic mass is 9.66. The fraction of sp³-hybridized carbons (Fsp3) is 0.824. The molecule has 0 unspecified atom stereocenters. The number of esters is 1. The molecule has 0 bridgehead atoms. The molecule has 0 amide bonds. The Morgan fingerprint density at radius 1 is 1.15 bits per heavy atom. The summed E-state index contributed by atoms with van der Waals surface area (Å²) < 4.78 is 5.40. The van der Waals surface area contributed by atoms with Crippen molar-refractivity contribution in [3.8, 4) is 0 Å². The average molecular weight is 279 g/mol. The van der Waals surface area contributed by atoms with Gasteiger partial charge in [0.15, 0.2) is 0 Å². The molecule has 0 spiro atoms. The molecule has 1 saturated carbocycles. The van der Waals surface area contributed by atoms with E-state index >= 15 is 0 Å². The molecule has 2 aliphatic carbocycles. The van der Waals surface area contributed by atoms with E-state index in [1.54, 1.807) is 0 Å². The van der Waals surface area contributed by atoms with Crippen LogP contribution in [-0.2, 0) is 9.53 Å². The number of carbonyl (C=O) groups excluding carboxylic acids is 1. The first-order valence-corrected chi connectivity index (χ1v) is 8.31. The van der Waals surface area contributed by atoms with Crippen LogP contribution in [0.2, 0.25) is 0 Å². The highest BCUT2D eigenvalue weighted by atomic mass is 16.5. The molecule has 0 aliphatic heterocycles. The number of hydrogen-bond acceptors (Lipinski definition) is 3. The van der Waals surface area contributed by atoms with Gasteiger partial charge in [0, 0.05) is 6.04 Å². The second-order valence-electron chi connectivity index (χ2n) is 5.99. The summed E-state index contributed by atoms with van der Waals surface area (Å²) in [6.45, 7) is 8.71. The number of hydrogen-bond donors (Lipinski definition) is 0. The Hall–Kier alpha value is -0.830. The van der Waals surface area contributed by atoms with Gasteiger partial charge in [0.25, 0.3) is 0 Å². The summed E-state index contributed by atoms with van der Waals surface area (Å²) in [4.78, 5) is 14.9. The van der Waals surface area contributed by atoms with Gasteiger partial charge >= 0.3 is 5.97 Å². The summed E-state index contributed by atoms with van der Waals surface area (Å²) in [6.07, 6.45) is 9.63. The highest BCUT2D eigenvalue weighted by Crippen LogP contribution is 2.42. The first kappa shape index (κ1) is 15.6. The van der Waals surface area contributed by atoms with Crippen LogP contribution in [0.25, 0.3) is 0 Å². The van der Waals surface area contributed by atoms with Crippen molar-refractivity contribution in [1.82, 2.24) is 4.90 Å². The first-order chi connectivity index (χ1) is 9.72. The first-order valence-electron chi connectivity index (χ1n) is 8.31. The van der Waals surface area contributed by atoms with Crippen molar-refractivity contribution in [2.24, 2.45) is 17.8 Å². The molecule has 3 nitrogen and oxygen atoms in total. The van der Waals surface area contributed by atoms with Crippen LogP contribution in [0, 0.1) is 17.8 Å². The lowest BCUT2D eigenvalue weighted by Crippen LogP contribution is -2.50. The van der Waals surface area contributed by atoms with Crippen LogP contribution in [0.3, 0.4) is 0 Å². The van der Waals surface area contributed by atoms with E-state index in [2.05, 4.69) is 30.9 Å². The molecule has 0 N–H and O–H groups in total. The molecule has 0 saturated heterocycles. The topological polar surface area (TPSA) is 29.5 Å². The van der Waals surface area contributed by atoms with E-state index in [1.165, 1.54) is 25.7 Å². The summed E-state index contributed by atoms with van der Waals surface area (Å²) in [6, 6.07) is 0.225. The molecule has 1 fully saturated rings. The van der Waals surface area contributed by atoms with Crippen LogP contribution in [-0.4, -0.2) is 36.6 Å². The SMILES string of the molecule is CCOC(=O)[C@H]1[C@@H]2CCCC[C@@H]2C=C[C@@H]1N(CC)CC. The van der Waals surface area contributed by atoms with Crippen molar-refractivity contribution in [3.05, 3.63) is 12.2 Å². The Kier molecular flexibility index (Phi) is 5.64. The summed E-state index contributed by atoms with van der Waals surface area (Å²) in [7, 11) is 0. The lowest BCUT2D eigenvalue weighted by Gasteiger charge is -2.44. The van der Waals surface area contributed by atoms with Gasteiger partial charge in [-0.25, -0.2) is 0 Å². The monoisotopic (exact) mass is 279 g/mol. The highest BCUT2D eigenvalue weighted by molar-refractivity contribution is 5.74. The fourth-order valence-electron chi connectivity index (χ4n) is 4.05. The van der Waals surface area contributed by atoms with Crippen molar-refractivity contribution in [3.63, 3.8) is 0 Å². The number of ether oxygens (including phenoxy) is 1. The number of likely N-dealkylation sites (N-methyl/N-ethyl adjacent to an activating group) is 1. The summed E-state index contributed by atoms with van der Waals surface area (Å²) in [5, 5.41) is 0. The van der Waals surface area contributed by atoms with E-state index in [0.717, 1.165) is 13.1 Å². The molecule has 0 aromatic heterocycles. The van der Waals surface area contributed by atoms with Gasteiger partial charge in [-0.05, 0) is 44.7 Å². The van der Waals surface area contributed by atoms with E-state index in [-0.39, 0.29) is 17.9 Å². The minimum atomic E-state index is 0.0191. The van der Waals surface area contributed by atoms with Crippen LogP contribution in [0.5, 0.6) is 0 Å². The minimum Gasteiger partial charge on any atom is -0.466 e. The Balaban J connectivity index is 2.25. The normalized spacial score (nSPS) is 33.0. The second-order valence-corrected chi connectivity index (χ2v) is 5.99. The Bertz CT molecular complexity index is 349. The molecule has 0 aromatic carbocycles. The number of fused-ring (bicyclic) bond motifs is 1. The maximum absolute atomic E-state index is 12.5. The number of carbonyl (C=O) groups is 1. The fourth-order valence-corrected chi connectivity index (χ4v) is 4.05. The zero-order valence-electron chi connectivity index (χ0n) is 13.2. The number of allylic oxidation sites excluding steroid dienone is 1. The molecular formula is C17H29NO2. The van der Waals surface area contributed by atoms with E-state index in [0.29, 0.717) is 18.4 Å². The average Bonchev–Trinajstić information content (AvgIpc) is 2.48. The van der Waals surface area contributed by atoms with Crippen molar-refractivity contribution in [2.75, 3.05) is 19.7 Å². The number of nitrogens with zero attached hydrogens (tertiary/aromatic N) is 1. The zero-order chi connectivity index (χ0) is 14.5. The van der Waals surface area contributed by atoms with E-state index in [4.69, 9.17) is 4.74 Å². The van der Waals surface area contributed by atoms with Gasteiger partial charge in [0.2, 0.25) is 0 Å². The molecule has 0 radical (unpaired) electrons. The predicted molar refractivity (Wildman–Crippen MR) is 81.4 cm³/mol. The molecule has 3 heteroatoms. The van der Waals surface area contributed by atoms with Crippen LogP contribution in [0.15, 0.2) is 12.2 Å². The van der Waals surface area contributed by atoms with Crippen LogP contribution >= 0.6 is 0 Å². The third kappa shape index (κ3) is 3.08. The minimum absolute atomic E-state index is 0.0191. The maximum Gasteiger partial charge on any atom is 0.311 e. The smallest absolute Gasteiger partial charge is 0.311 e. The van der Waals surface area contributed by atoms with E-state index in [9.17, 15) is 4.79 Å². The zero-order valence-corrected chi connectivity index (χ0v) is 13.2. The van der Waals surface area contributed by atoms with Crippen molar-refractivity contribution in [1.29, 1.82) is 0 Å². The molecule has 2 rings (SSSR count). The van der Waals surface area contributed by atoms with Gasteiger partial charge in [-0.15, -0.1) is 0 Å². The Morgan fingerprint density at radius 2 is 1.85 bits per heavy atom. The van der Waals surface area contributed by atoms with Crippen molar-refractivity contribution >= 4 is 5.97 Å². The Labute approximate surface area is 123 Å². The molecule has 2 aliphatic rings. The van der Waals surface area contributed by atoms with Crippen molar-refractivity contribution < 1.29 is 9.53 Å². The molecular weight excluding hydrogens is 250 g/mol. The van der Waals surface area contributed by atoms with Gasteiger partial charge in [-0.1, -0.05) is 38.8 Å². The molecule has 0 aromatic rings. The van der Waals surface area contributed by atoms with Crippen LogP contribution < -0.4 is 0 Å². The van der Waals surface area contributed by atoms with E-state index < -0.39 is 0 Å². The predicted octanol–water partition coefficient (Wildman–Crippen LogP) is 3.25. The molecule has 20 heavy (non-hydrogen) atoms. The number of rotatable bonds is 5. The third-order valence-electron chi connectivity index (χ3n) is 5.05. The van der Waals surface area contributed by atoms with Gasteiger partial charge in [-0.2, -0.15) is 0 Å². The van der Waals surface area contributed by atoms with E-state index in [1.807, 2.05) is 6.92 Å².